The molecule has 0 saturated carbocycles. The summed E-state index contributed by atoms with van der Waals surface area (Å²) in [5, 5.41) is 1.68. The summed E-state index contributed by atoms with van der Waals surface area (Å²) in [6.45, 7) is 4.36. The van der Waals surface area contributed by atoms with Crippen molar-refractivity contribution in [2.24, 2.45) is 0 Å². The normalized spacial score (nSPS) is 17.5. The standard InChI is InChI=1S/C13H20N2O3S/c1-2-3-12-4-6-13(7-5-12)19(16,17)14-15-8-10-18-11-9-15/h4-7,14H,2-3,8-11H2,1H3. The molecule has 1 aromatic rings. The summed E-state index contributed by atoms with van der Waals surface area (Å²) in [6, 6.07) is 7.07. The molecule has 5 nitrogen and oxygen atoms in total. The number of morpholine rings is 1. The second kappa shape index (κ2) is 6.47. The molecule has 6 heteroatoms. The lowest BCUT2D eigenvalue weighted by molar-refractivity contribution is 0.0272. The average molecular weight is 284 g/mol. The first kappa shape index (κ1) is 14.5. The topological polar surface area (TPSA) is 58.6 Å². The van der Waals surface area contributed by atoms with Crippen molar-refractivity contribution in [3.05, 3.63) is 29.8 Å². The smallest absolute Gasteiger partial charge is 0.253 e. The first-order valence-electron chi connectivity index (χ1n) is 6.56. The highest BCUT2D eigenvalue weighted by atomic mass is 32.2. The fraction of sp³-hybridized carbons (Fsp3) is 0.538. The summed E-state index contributed by atoms with van der Waals surface area (Å²) in [5.41, 5.74) is 1.16. The molecule has 0 bridgehead atoms. The van der Waals surface area contributed by atoms with Crippen LogP contribution in [0.4, 0.5) is 0 Å². The zero-order valence-corrected chi connectivity index (χ0v) is 11.9. The van der Waals surface area contributed by atoms with E-state index in [0.717, 1.165) is 18.4 Å². The summed E-state index contributed by atoms with van der Waals surface area (Å²) in [7, 11) is -3.47. The van der Waals surface area contributed by atoms with Crippen LogP contribution in [0, 0.1) is 0 Å². The van der Waals surface area contributed by atoms with E-state index in [1.165, 1.54) is 0 Å². The van der Waals surface area contributed by atoms with E-state index >= 15 is 0 Å². The number of hydrazine groups is 1. The van der Waals surface area contributed by atoms with E-state index in [4.69, 9.17) is 4.74 Å². The van der Waals surface area contributed by atoms with Crippen LogP contribution < -0.4 is 4.83 Å². The number of hydrogen-bond donors (Lipinski definition) is 1. The van der Waals surface area contributed by atoms with Crippen LogP contribution in [0.1, 0.15) is 18.9 Å². The summed E-state index contributed by atoms with van der Waals surface area (Å²) >= 11 is 0. The molecule has 0 aromatic heterocycles. The van der Waals surface area contributed by atoms with Gasteiger partial charge in [0, 0.05) is 13.1 Å². The predicted molar refractivity (Wildman–Crippen MR) is 73.2 cm³/mol. The predicted octanol–water partition coefficient (Wildman–Crippen LogP) is 1.16. The molecule has 0 atom stereocenters. The Morgan fingerprint density at radius 1 is 1.21 bits per heavy atom. The Kier molecular flexibility index (Phi) is 4.93. The van der Waals surface area contributed by atoms with Crippen molar-refractivity contribution in [1.29, 1.82) is 0 Å². The first-order chi connectivity index (χ1) is 9.12. The minimum atomic E-state index is -3.47. The molecule has 1 heterocycles. The van der Waals surface area contributed by atoms with Crippen molar-refractivity contribution in [2.75, 3.05) is 26.3 Å². The van der Waals surface area contributed by atoms with Gasteiger partial charge < -0.3 is 4.74 Å². The summed E-state index contributed by atoms with van der Waals surface area (Å²) in [6.07, 6.45) is 2.02. The minimum absolute atomic E-state index is 0.304. The molecule has 1 N–H and O–H groups in total. The second-order valence-electron chi connectivity index (χ2n) is 4.59. The van der Waals surface area contributed by atoms with Crippen molar-refractivity contribution >= 4 is 10.0 Å². The molecular formula is C13H20N2O3S. The van der Waals surface area contributed by atoms with E-state index in [1.807, 2.05) is 12.1 Å². The molecule has 0 radical (unpaired) electrons. The van der Waals surface area contributed by atoms with Crippen LogP contribution in [0.15, 0.2) is 29.2 Å². The monoisotopic (exact) mass is 284 g/mol. The molecule has 0 spiro atoms. The number of hydrogen-bond acceptors (Lipinski definition) is 4. The molecule has 2 rings (SSSR count). The van der Waals surface area contributed by atoms with Gasteiger partial charge in [-0.05, 0) is 24.1 Å². The lowest BCUT2D eigenvalue weighted by Gasteiger charge is -2.26. The van der Waals surface area contributed by atoms with E-state index in [-0.39, 0.29) is 0 Å². The molecule has 0 amide bonds. The zero-order chi connectivity index (χ0) is 13.7. The van der Waals surface area contributed by atoms with Gasteiger partial charge in [0.15, 0.2) is 0 Å². The minimum Gasteiger partial charge on any atom is -0.379 e. The number of aryl methyl sites for hydroxylation is 1. The van der Waals surface area contributed by atoms with Crippen LogP contribution >= 0.6 is 0 Å². The highest BCUT2D eigenvalue weighted by Gasteiger charge is 2.19. The SMILES string of the molecule is CCCc1ccc(S(=O)(=O)NN2CCOCC2)cc1. The van der Waals surface area contributed by atoms with Gasteiger partial charge in [-0.3, -0.25) is 0 Å². The quantitative estimate of drug-likeness (QED) is 0.881. The van der Waals surface area contributed by atoms with Gasteiger partial charge in [-0.25, -0.2) is 13.4 Å². The van der Waals surface area contributed by atoms with Crippen LogP contribution in [0.3, 0.4) is 0 Å². The summed E-state index contributed by atoms with van der Waals surface area (Å²) in [5.74, 6) is 0. The molecule has 1 aliphatic heterocycles. The van der Waals surface area contributed by atoms with Gasteiger partial charge in [0.05, 0.1) is 18.1 Å². The van der Waals surface area contributed by atoms with Gasteiger partial charge in [-0.15, -0.1) is 4.83 Å². The average Bonchev–Trinajstić information content (AvgIpc) is 2.40. The van der Waals surface area contributed by atoms with Crippen LogP contribution in [-0.4, -0.2) is 39.7 Å². The third-order valence-corrected chi connectivity index (χ3v) is 4.42. The van der Waals surface area contributed by atoms with E-state index < -0.39 is 10.0 Å². The molecule has 1 aromatic carbocycles. The van der Waals surface area contributed by atoms with Crippen molar-refractivity contribution in [1.82, 2.24) is 9.84 Å². The molecule has 0 aliphatic carbocycles. The van der Waals surface area contributed by atoms with Crippen molar-refractivity contribution in [3.8, 4) is 0 Å². The van der Waals surface area contributed by atoms with E-state index in [2.05, 4.69) is 11.8 Å². The maximum Gasteiger partial charge on any atom is 0.253 e. The molecule has 1 fully saturated rings. The first-order valence-corrected chi connectivity index (χ1v) is 8.04. The van der Waals surface area contributed by atoms with Crippen LogP contribution in [0.5, 0.6) is 0 Å². The Morgan fingerprint density at radius 2 is 1.84 bits per heavy atom. The number of nitrogens with one attached hydrogen (secondary N) is 1. The van der Waals surface area contributed by atoms with E-state index in [9.17, 15) is 8.42 Å². The van der Waals surface area contributed by atoms with Crippen molar-refractivity contribution in [3.63, 3.8) is 0 Å². The summed E-state index contributed by atoms with van der Waals surface area (Å²) in [4.78, 5) is 2.89. The van der Waals surface area contributed by atoms with Crippen LogP contribution in [0.2, 0.25) is 0 Å². The Labute approximate surface area is 114 Å². The Bertz CT molecular complexity index is 493. The second-order valence-corrected chi connectivity index (χ2v) is 6.25. The highest BCUT2D eigenvalue weighted by molar-refractivity contribution is 7.89. The molecule has 1 aliphatic rings. The van der Waals surface area contributed by atoms with Crippen molar-refractivity contribution < 1.29 is 13.2 Å². The number of nitrogens with zero attached hydrogens (tertiary/aromatic N) is 1. The lowest BCUT2D eigenvalue weighted by atomic mass is 10.1. The van der Waals surface area contributed by atoms with Gasteiger partial charge in [-0.2, -0.15) is 0 Å². The maximum atomic E-state index is 12.2. The largest absolute Gasteiger partial charge is 0.379 e. The maximum absolute atomic E-state index is 12.2. The van der Waals surface area contributed by atoms with E-state index in [0.29, 0.717) is 31.2 Å². The van der Waals surface area contributed by atoms with Gasteiger partial charge in [0.25, 0.3) is 10.0 Å². The Morgan fingerprint density at radius 3 is 2.42 bits per heavy atom. The molecule has 106 valence electrons. The molecule has 19 heavy (non-hydrogen) atoms. The van der Waals surface area contributed by atoms with Gasteiger partial charge in [-0.1, -0.05) is 25.5 Å². The van der Waals surface area contributed by atoms with Crippen LogP contribution in [-0.2, 0) is 21.2 Å². The number of rotatable bonds is 5. The van der Waals surface area contributed by atoms with Crippen LogP contribution in [0.25, 0.3) is 0 Å². The lowest BCUT2D eigenvalue weighted by Crippen LogP contribution is -2.48. The fourth-order valence-electron chi connectivity index (χ4n) is 2.00. The number of sulfonamides is 1. The fourth-order valence-corrected chi connectivity index (χ4v) is 3.12. The highest BCUT2D eigenvalue weighted by Crippen LogP contribution is 2.12. The third kappa shape index (κ3) is 4.01. The molecule has 0 unspecified atom stereocenters. The zero-order valence-electron chi connectivity index (χ0n) is 11.1. The number of ether oxygens (including phenoxy) is 1. The van der Waals surface area contributed by atoms with E-state index in [1.54, 1.807) is 17.1 Å². The van der Waals surface area contributed by atoms with Crippen molar-refractivity contribution in [2.45, 2.75) is 24.7 Å². The van der Waals surface area contributed by atoms with Gasteiger partial charge >= 0.3 is 0 Å². The third-order valence-electron chi connectivity index (χ3n) is 3.03. The van der Waals surface area contributed by atoms with Gasteiger partial charge in [0.1, 0.15) is 0 Å². The Hall–Kier alpha value is -0.950. The molecule has 1 saturated heterocycles. The Balaban J connectivity index is 2.05. The molecular weight excluding hydrogens is 264 g/mol. The number of benzene rings is 1. The van der Waals surface area contributed by atoms with Gasteiger partial charge in [0.2, 0.25) is 0 Å². The summed E-state index contributed by atoms with van der Waals surface area (Å²) < 4.78 is 29.5.